The Balaban J connectivity index is 2.05. The zero-order valence-electron chi connectivity index (χ0n) is 13.4. The zero-order valence-corrected chi connectivity index (χ0v) is 13.4. The lowest BCUT2D eigenvalue weighted by molar-refractivity contribution is 0.0497. The number of hydrogen-bond donors (Lipinski definition) is 0. The lowest BCUT2D eigenvalue weighted by Gasteiger charge is -2.42. The number of likely N-dealkylation sites (N-methyl/N-ethyl adjacent to an activating group) is 1. The molecule has 0 radical (unpaired) electrons. The lowest BCUT2D eigenvalue weighted by Crippen LogP contribution is -2.53. The molecule has 1 aliphatic carbocycles. The number of carbonyl (C=O) groups is 1. The minimum absolute atomic E-state index is 0.166. The molecule has 1 aliphatic rings. The van der Waals surface area contributed by atoms with E-state index in [1.807, 2.05) is 19.0 Å². The SMILES string of the molecule is CN(C)CCOc1cc(C(=O)N(C)C2(C#N)CCC2)ccn1. The first-order valence-electron chi connectivity index (χ1n) is 7.41. The minimum atomic E-state index is -0.647. The number of nitriles is 1. The Labute approximate surface area is 131 Å². The summed E-state index contributed by atoms with van der Waals surface area (Å²) in [5.74, 6) is 0.266. The molecule has 0 spiro atoms. The summed E-state index contributed by atoms with van der Waals surface area (Å²) in [4.78, 5) is 20.2. The number of hydrogen-bond acceptors (Lipinski definition) is 5. The molecule has 0 bridgehead atoms. The Bertz CT molecular complexity index is 576. The van der Waals surface area contributed by atoms with E-state index in [9.17, 15) is 10.1 Å². The van der Waals surface area contributed by atoms with Crippen molar-refractivity contribution in [2.75, 3.05) is 34.3 Å². The average molecular weight is 302 g/mol. The van der Waals surface area contributed by atoms with E-state index in [1.165, 1.54) is 0 Å². The van der Waals surface area contributed by atoms with Gasteiger partial charge in [-0.1, -0.05) is 0 Å². The van der Waals surface area contributed by atoms with Crippen LogP contribution in [0.15, 0.2) is 18.3 Å². The van der Waals surface area contributed by atoms with Gasteiger partial charge in [0.15, 0.2) is 0 Å². The third kappa shape index (κ3) is 3.37. The number of nitrogens with zero attached hydrogens (tertiary/aromatic N) is 4. The molecule has 6 heteroatoms. The lowest BCUT2D eigenvalue weighted by atomic mass is 9.76. The molecule has 1 fully saturated rings. The van der Waals surface area contributed by atoms with Crippen molar-refractivity contribution >= 4 is 5.91 Å². The molecule has 118 valence electrons. The van der Waals surface area contributed by atoms with Crippen LogP contribution in [0.3, 0.4) is 0 Å². The van der Waals surface area contributed by atoms with E-state index in [0.717, 1.165) is 25.8 Å². The molecule has 0 unspecified atom stereocenters. The van der Waals surface area contributed by atoms with Gasteiger partial charge in [0.1, 0.15) is 12.1 Å². The molecular formula is C16H22N4O2. The van der Waals surface area contributed by atoms with E-state index in [4.69, 9.17) is 4.74 Å². The van der Waals surface area contributed by atoms with Crippen molar-refractivity contribution in [1.82, 2.24) is 14.8 Å². The summed E-state index contributed by atoms with van der Waals surface area (Å²) in [6.07, 6.45) is 4.03. The molecule has 0 aromatic carbocycles. The van der Waals surface area contributed by atoms with Gasteiger partial charge >= 0.3 is 0 Å². The fourth-order valence-electron chi connectivity index (χ4n) is 2.38. The third-order valence-electron chi connectivity index (χ3n) is 4.11. The topological polar surface area (TPSA) is 69.5 Å². The fourth-order valence-corrected chi connectivity index (χ4v) is 2.38. The van der Waals surface area contributed by atoms with Gasteiger partial charge in [0.05, 0.1) is 6.07 Å². The maximum Gasteiger partial charge on any atom is 0.255 e. The summed E-state index contributed by atoms with van der Waals surface area (Å²) in [5, 5.41) is 9.34. The van der Waals surface area contributed by atoms with Crippen LogP contribution in [0.5, 0.6) is 5.88 Å². The van der Waals surface area contributed by atoms with E-state index < -0.39 is 5.54 Å². The predicted molar refractivity (Wildman–Crippen MR) is 82.6 cm³/mol. The van der Waals surface area contributed by atoms with Gasteiger partial charge in [-0.15, -0.1) is 0 Å². The normalized spacial score (nSPS) is 15.8. The highest BCUT2D eigenvalue weighted by Gasteiger charge is 2.43. The Kier molecular flexibility index (Phi) is 4.99. The maximum absolute atomic E-state index is 12.6. The number of aromatic nitrogens is 1. The molecule has 2 rings (SSSR count). The van der Waals surface area contributed by atoms with Crippen molar-refractivity contribution in [3.8, 4) is 11.9 Å². The van der Waals surface area contributed by atoms with E-state index in [0.29, 0.717) is 18.1 Å². The third-order valence-corrected chi connectivity index (χ3v) is 4.11. The van der Waals surface area contributed by atoms with Crippen LogP contribution in [0.1, 0.15) is 29.6 Å². The Hall–Kier alpha value is -2.13. The molecule has 0 N–H and O–H groups in total. The van der Waals surface area contributed by atoms with Crippen LogP contribution in [-0.4, -0.2) is 60.5 Å². The maximum atomic E-state index is 12.6. The summed E-state index contributed by atoms with van der Waals surface area (Å²) in [7, 11) is 5.62. The van der Waals surface area contributed by atoms with E-state index in [1.54, 1.807) is 30.3 Å². The standard InChI is InChI=1S/C16H22N4O2/c1-19(2)9-10-22-14-11-13(5-8-18-14)15(21)20(3)16(12-17)6-4-7-16/h5,8,11H,4,6-7,9-10H2,1-3H3. The summed E-state index contributed by atoms with van der Waals surface area (Å²) in [6.45, 7) is 1.28. The summed E-state index contributed by atoms with van der Waals surface area (Å²) < 4.78 is 5.55. The molecule has 1 amide bonds. The molecule has 22 heavy (non-hydrogen) atoms. The second kappa shape index (κ2) is 6.75. The highest BCUT2D eigenvalue weighted by molar-refractivity contribution is 5.95. The second-order valence-corrected chi connectivity index (χ2v) is 5.90. The van der Waals surface area contributed by atoms with Gasteiger partial charge in [0.2, 0.25) is 5.88 Å². The number of carbonyl (C=O) groups excluding carboxylic acids is 1. The van der Waals surface area contributed by atoms with Crippen molar-refractivity contribution in [1.29, 1.82) is 5.26 Å². The first-order valence-corrected chi connectivity index (χ1v) is 7.41. The Morgan fingerprint density at radius 3 is 2.73 bits per heavy atom. The van der Waals surface area contributed by atoms with E-state index >= 15 is 0 Å². The van der Waals surface area contributed by atoms with Crippen LogP contribution in [0.25, 0.3) is 0 Å². The van der Waals surface area contributed by atoms with Crippen LogP contribution in [-0.2, 0) is 0 Å². The van der Waals surface area contributed by atoms with E-state index in [-0.39, 0.29) is 5.91 Å². The van der Waals surface area contributed by atoms with Crippen LogP contribution in [0.4, 0.5) is 0 Å². The molecule has 6 nitrogen and oxygen atoms in total. The second-order valence-electron chi connectivity index (χ2n) is 5.90. The van der Waals surface area contributed by atoms with Gasteiger partial charge in [-0.05, 0) is 39.4 Å². The largest absolute Gasteiger partial charge is 0.476 e. The Morgan fingerprint density at radius 1 is 1.45 bits per heavy atom. The first-order chi connectivity index (χ1) is 10.5. The summed E-state index contributed by atoms with van der Waals surface area (Å²) >= 11 is 0. The predicted octanol–water partition coefficient (Wildman–Crippen LogP) is 1.54. The number of pyridine rings is 1. The van der Waals surface area contributed by atoms with Crippen LogP contribution in [0.2, 0.25) is 0 Å². The number of amides is 1. The van der Waals surface area contributed by atoms with Crippen molar-refractivity contribution in [2.45, 2.75) is 24.8 Å². The molecule has 1 aromatic heterocycles. The Morgan fingerprint density at radius 2 is 2.18 bits per heavy atom. The van der Waals surface area contributed by atoms with Crippen molar-refractivity contribution in [2.24, 2.45) is 0 Å². The van der Waals surface area contributed by atoms with Gasteiger partial charge < -0.3 is 14.5 Å². The van der Waals surface area contributed by atoms with Crippen molar-refractivity contribution in [3.63, 3.8) is 0 Å². The summed E-state index contributed by atoms with van der Waals surface area (Å²) in [5.41, 5.74) is -0.148. The van der Waals surface area contributed by atoms with Gasteiger partial charge in [0, 0.05) is 31.4 Å². The molecule has 0 saturated heterocycles. The van der Waals surface area contributed by atoms with Gasteiger partial charge in [-0.2, -0.15) is 5.26 Å². The number of rotatable bonds is 6. The summed E-state index contributed by atoms with van der Waals surface area (Å²) in [6, 6.07) is 5.57. The smallest absolute Gasteiger partial charge is 0.255 e. The molecule has 1 saturated carbocycles. The van der Waals surface area contributed by atoms with Gasteiger partial charge in [-0.3, -0.25) is 4.79 Å². The molecule has 1 aromatic rings. The van der Waals surface area contributed by atoms with Crippen LogP contribution < -0.4 is 4.74 Å². The zero-order chi connectivity index (χ0) is 16.2. The number of ether oxygens (including phenoxy) is 1. The molecular weight excluding hydrogens is 280 g/mol. The average Bonchev–Trinajstić information content (AvgIpc) is 2.45. The van der Waals surface area contributed by atoms with E-state index in [2.05, 4.69) is 11.1 Å². The molecule has 0 atom stereocenters. The van der Waals surface area contributed by atoms with Crippen molar-refractivity contribution < 1.29 is 9.53 Å². The highest BCUT2D eigenvalue weighted by atomic mass is 16.5. The quantitative estimate of drug-likeness (QED) is 0.797. The minimum Gasteiger partial charge on any atom is -0.476 e. The van der Waals surface area contributed by atoms with Gasteiger partial charge in [-0.25, -0.2) is 4.98 Å². The molecule has 1 heterocycles. The highest BCUT2D eigenvalue weighted by Crippen LogP contribution is 2.37. The monoisotopic (exact) mass is 302 g/mol. The van der Waals surface area contributed by atoms with Crippen LogP contribution in [0, 0.1) is 11.3 Å². The fraction of sp³-hybridized carbons (Fsp3) is 0.562. The van der Waals surface area contributed by atoms with Gasteiger partial charge in [0.25, 0.3) is 5.91 Å². The first kappa shape index (κ1) is 16.2. The van der Waals surface area contributed by atoms with Crippen LogP contribution >= 0.6 is 0 Å². The van der Waals surface area contributed by atoms with Crippen molar-refractivity contribution in [3.05, 3.63) is 23.9 Å². The molecule has 0 aliphatic heterocycles.